The number of ether oxygens (including phenoxy) is 2. The third-order valence-electron chi connectivity index (χ3n) is 3.90. The zero-order chi connectivity index (χ0) is 15.4. The topological polar surface area (TPSA) is 30.5 Å². The average Bonchev–Trinajstić information content (AvgIpc) is 3.35. The Bertz CT molecular complexity index is 635. The van der Waals surface area contributed by atoms with E-state index >= 15 is 0 Å². The van der Waals surface area contributed by atoms with E-state index in [-0.39, 0.29) is 0 Å². The summed E-state index contributed by atoms with van der Waals surface area (Å²) in [7, 11) is 1.69. The minimum Gasteiger partial charge on any atom is -0.493 e. The van der Waals surface area contributed by atoms with Crippen LogP contribution in [0.25, 0.3) is 0 Å². The Morgan fingerprint density at radius 1 is 1.14 bits per heavy atom. The van der Waals surface area contributed by atoms with Gasteiger partial charge in [-0.1, -0.05) is 42.0 Å². The van der Waals surface area contributed by atoms with Gasteiger partial charge in [0.2, 0.25) is 0 Å². The van der Waals surface area contributed by atoms with Gasteiger partial charge in [-0.3, -0.25) is 0 Å². The van der Waals surface area contributed by atoms with Crippen molar-refractivity contribution in [2.75, 3.05) is 7.11 Å². The van der Waals surface area contributed by atoms with E-state index in [1.54, 1.807) is 7.11 Å². The van der Waals surface area contributed by atoms with Crippen LogP contribution in [0.1, 0.15) is 29.5 Å². The molecule has 0 spiro atoms. The fourth-order valence-electron chi connectivity index (χ4n) is 2.52. The summed E-state index contributed by atoms with van der Waals surface area (Å²) in [5.74, 6) is 1.64. The first-order valence-electron chi connectivity index (χ1n) is 7.84. The molecule has 1 N–H and O–H groups in total. The molecule has 1 aliphatic carbocycles. The van der Waals surface area contributed by atoms with Gasteiger partial charge in [-0.2, -0.15) is 0 Å². The zero-order valence-electron chi connectivity index (χ0n) is 13.3. The van der Waals surface area contributed by atoms with Crippen molar-refractivity contribution in [1.29, 1.82) is 0 Å². The first kappa shape index (κ1) is 14.9. The average molecular weight is 297 g/mol. The maximum Gasteiger partial charge on any atom is 0.166 e. The molecule has 0 atom stereocenters. The normalized spacial score (nSPS) is 13.9. The highest BCUT2D eigenvalue weighted by atomic mass is 16.5. The molecule has 2 aromatic rings. The van der Waals surface area contributed by atoms with E-state index in [0.717, 1.165) is 23.6 Å². The SMILES string of the molecule is COc1cccc(CNC2CC2)c1OCc1cccc(C)c1. The molecule has 0 unspecified atom stereocenters. The van der Waals surface area contributed by atoms with Gasteiger partial charge in [0.25, 0.3) is 0 Å². The molecule has 1 fully saturated rings. The van der Waals surface area contributed by atoms with Crippen molar-refractivity contribution in [3.63, 3.8) is 0 Å². The van der Waals surface area contributed by atoms with E-state index in [1.165, 1.54) is 24.0 Å². The van der Waals surface area contributed by atoms with Crippen LogP contribution in [0.2, 0.25) is 0 Å². The highest BCUT2D eigenvalue weighted by Crippen LogP contribution is 2.32. The minimum absolute atomic E-state index is 0.554. The molecule has 0 amide bonds. The smallest absolute Gasteiger partial charge is 0.166 e. The summed E-state index contributed by atoms with van der Waals surface area (Å²) in [4.78, 5) is 0. The van der Waals surface area contributed by atoms with E-state index in [0.29, 0.717) is 12.6 Å². The fraction of sp³-hybridized carbons (Fsp3) is 0.368. The number of aryl methyl sites for hydroxylation is 1. The Balaban J connectivity index is 1.74. The summed E-state index contributed by atoms with van der Waals surface area (Å²) >= 11 is 0. The van der Waals surface area contributed by atoms with Crippen LogP contribution in [0.15, 0.2) is 42.5 Å². The maximum atomic E-state index is 6.09. The molecule has 3 nitrogen and oxygen atoms in total. The standard InChI is InChI=1S/C19H23NO2/c1-14-5-3-6-15(11-14)13-22-19-16(12-20-17-9-10-17)7-4-8-18(19)21-2/h3-8,11,17,20H,9-10,12-13H2,1-2H3. The van der Waals surface area contributed by atoms with E-state index in [9.17, 15) is 0 Å². The number of benzene rings is 2. The van der Waals surface area contributed by atoms with Gasteiger partial charge in [-0.15, -0.1) is 0 Å². The Labute approximate surface area is 132 Å². The molecule has 1 saturated carbocycles. The van der Waals surface area contributed by atoms with Gasteiger partial charge >= 0.3 is 0 Å². The van der Waals surface area contributed by atoms with E-state index in [2.05, 4.69) is 42.6 Å². The molecule has 0 aliphatic heterocycles. The summed E-state index contributed by atoms with van der Waals surface area (Å²) in [5.41, 5.74) is 3.57. The summed E-state index contributed by atoms with van der Waals surface area (Å²) in [5, 5.41) is 3.54. The lowest BCUT2D eigenvalue weighted by atomic mass is 10.1. The molecule has 0 radical (unpaired) electrons. The summed E-state index contributed by atoms with van der Waals surface area (Å²) < 4.78 is 11.6. The number of hydrogen-bond donors (Lipinski definition) is 1. The zero-order valence-corrected chi connectivity index (χ0v) is 13.3. The number of rotatable bonds is 7. The van der Waals surface area contributed by atoms with Crippen molar-refractivity contribution in [2.45, 2.75) is 39.0 Å². The second kappa shape index (κ2) is 6.84. The van der Waals surface area contributed by atoms with E-state index in [1.807, 2.05) is 12.1 Å². The van der Waals surface area contributed by atoms with Crippen molar-refractivity contribution in [3.05, 3.63) is 59.2 Å². The first-order chi connectivity index (χ1) is 10.8. The van der Waals surface area contributed by atoms with Gasteiger partial charge in [0, 0.05) is 18.2 Å². The van der Waals surface area contributed by atoms with Crippen molar-refractivity contribution in [2.24, 2.45) is 0 Å². The Hall–Kier alpha value is -2.00. The van der Waals surface area contributed by atoms with Crippen molar-refractivity contribution >= 4 is 0 Å². The number of methoxy groups -OCH3 is 1. The lowest BCUT2D eigenvalue weighted by Crippen LogP contribution is -2.16. The quantitative estimate of drug-likeness (QED) is 0.842. The molecule has 0 bridgehead atoms. The maximum absolute atomic E-state index is 6.09. The summed E-state index contributed by atoms with van der Waals surface area (Å²) in [6, 6.07) is 15.1. The van der Waals surface area contributed by atoms with Gasteiger partial charge in [0.15, 0.2) is 11.5 Å². The molecule has 2 aromatic carbocycles. The molecule has 22 heavy (non-hydrogen) atoms. The summed E-state index contributed by atoms with van der Waals surface area (Å²) in [6.45, 7) is 3.47. The van der Waals surface area contributed by atoms with Gasteiger partial charge < -0.3 is 14.8 Å². The monoisotopic (exact) mass is 297 g/mol. The van der Waals surface area contributed by atoms with Crippen molar-refractivity contribution in [3.8, 4) is 11.5 Å². The van der Waals surface area contributed by atoms with Crippen LogP contribution in [0.4, 0.5) is 0 Å². The van der Waals surface area contributed by atoms with Crippen LogP contribution in [-0.2, 0) is 13.2 Å². The van der Waals surface area contributed by atoms with Crippen LogP contribution in [0.5, 0.6) is 11.5 Å². The molecule has 1 aliphatic rings. The molecular formula is C19H23NO2. The molecule has 3 rings (SSSR count). The molecular weight excluding hydrogens is 274 g/mol. The fourth-order valence-corrected chi connectivity index (χ4v) is 2.52. The van der Waals surface area contributed by atoms with Crippen LogP contribution >= 0.6 is 0 Å². The van der Waals surface area contributed by atoms with Crippen molar-refractivity contribution in [1.82, 2.24) is 5.32 Å². The van der Waals surface area contributed by atoms with E-state index < -0.39 is 0 Å². The second-order valence-corrected chi connectivity index (χ2v) is 5.88. The Kier molecular flexibility index (Phi) is 4.64. The second-order valence-electron chi connectivity index (χ2n) is 5.88. The number of hydrogen-bond acceptors (Lipinski definition) is 3. The van der Waals surface area contributed by atoms with Crippen molar-refractivity contribution < 1.29 is 9.47 Å². The van der Waals surface area contributed by atoms with Gasteiger partial charge in [0.05, 0.1) is 7.11 Å². The molecule has 116 valence electrons. The molecule has 3 heteroatoms. The Morgan fingerprint density at radius 2 is 1.95 bits per heavy atom. The number of nitrogens with one attached hydrogen (secondary N) is 1. The highest BCUT2D eigenvalue weighted by molar-refractivity contribution is 5.46. The largest absolute Gasteiger partial charge is 0.493 e. The highest BCUT2D eigenvalue weighted by Gasteiger charge is 2.21. The van der Waals surface area contributed by atoms with Crippen LogP contribution < -0.4 is 14.8 Å². The van der Waals surface area contributed by atoms with E-state index in [4.69, 9.17) is 9.47 Å². The van der Waals surface area contributed by atoms with Crippen LogP contribution in [-0.4, -0.2) is 13.2 Å². The first-order valence-corrected chi connectivity index (χ1v) is 7.84. The Morgan fingerprint density at radius 3 is 2.68 bits per heavy atom. The predicted octanol–water partition coefficient (Wildman–Crippen LogP) is 3.83. The lowest BCUT2D eigenvalue weighted by molar-refractivity contribution is 0.280. The molecule has 0 aromatic heterocycles. The number of para-hydroxylation sites is 1. The van der Waals surface area contributed by atoms with Crippen LogP contribution in [0.3, 0.4) is 0 Å². The van der Waals surface area contributed by atoms with Crippen LogP contribution in [0, 0.1) is 6.92 Å². The molecule has 0 saturated heterocycles. The minimum atomic E-state index is 0.554. The predicted molar refractivity (Wildman–Crippen MR) is 88.4 cm³/mol. The third-order valence-corrected chi connectivity index (χ3v) is 3.90. The van der Waals surface area contributed by atoms with Gasteiger partial charge in [0.1, 0.15) is 6.61 Å². The third kappa shape index (κ3) is 3.80. The lowest BCUT2D eigenvalue weighted by Gasteiger charge is -2.16. The van der Waals surface area contributed by atoms with Gasteiger partial charge in [-0.25, -0.2) is 0 Å². The summed E-state index contributed by atoms with van der Waals surface area (Å²) in [6.07, 6.45) is 2.56. The molecule has 0 heterocycles. The van der Waals surface area contributed by atoms with Gasteiger partial charge in [-0.05, 0) is 31.4 Å².